The molecular weight excluding hydrogens is 494 g/mol. The Kier molecular flexibility index (Phi) is 6.15. The smallest absolute Gasteiger partial charge is 0.231 e. The van der Waals surface area contributed by atoms with E-state index in [9.17, 15) is 0 Å². The van der Waals surface area contributed by atoms with Gasteiger partial charge >= 0.3 is 0 Å². The summed E-state index contributed by atoms with van der Waals surface area (Å²) in [6, 6.07) is 4.44. The van der Waals surface area contributed by atoms with Gasteiger partial charge in [-0.05, 0) is 53.7 Å². The molecule has 2 N–H and O–H groups in total. The molecule has 1 aromatic carbocycles. The Labute approximate surface area is 199 Å². The molecule has 170 valence electrons. The zero-order valence-electron chi connectivity index (χ0n) is 18.1. The molecule has 5 rings (SSSR count). The van der Waals surface area contributed by atoms with Crippen molar-refractivity contribution in [2.45, 2.75) is 36.5 Å². The molecular formula is C21H26BrN7O2S. The highest BCUT2D eigenvalue weighted by molar-refractivity contribution is 9.10. The Bertz CT molecular complexity index is 1080. The average Bonchev–Trinajstić information content (AvgIpc) is 3.41. The summed E-state index contributed by atoms with van der Waals surface area (Å²) in [5, 5.41) is 0.624. The molecule has 4 aliphatic rings. The van der Waals surface area contributed by atoms with Crippen LogP contribution in [0.1, 0.15) is 13.8 Å². The molecule has 32 heavy (non-hydrogen) atoms. The van der Waals surface area contributed by atoms with Gasteiger partial charge in [-0.1, -0.05) is 0 Å². The van der Waals surface area contributed by atoms with Gasteiger partial charge in [-0.25, -0.2) is 15.0 Å². The number of rotatable bonds is 6. The predicted octanol–water partition coefficient (Wildman–Crippen LogP) is 3.03. The molecule has 9 nitrogen and oxygen atoms in total. The third-order valence-corrected chi connectivity index (χ3v) is 7.74. The third-order valence-electron chi connectivity index (χ3n) is 5.89. The van der Waals surface area contributed by atoms with Gasteiger partial charge in [0.25, 0.3) is 0 Å². The number of anilines is 1. The molecule has 0 saturated carbocycles. The lowest BCUT2D eigenvalue weighted by atomic mass is 10.2. The van der Waals surface area contributed by atoms with Crippen LogP contribution >= 0.6 is 27.7 Å². The molecule has 1 saturated heterocycles. The summed E-state index contributed by atoms with van der Waals surface area (Å²) in [5.74, 6) is 2.61. The van der Waals surface area contributed by atoms with E-state index in [0.717, 1.165) is 66.0 Å². The van der Waals surface area contributed by atoms with Gasteiger partial charge in [0.1, 0.15) is 0 Å². The Morgan fingerprint density at radius 3 is 2.59 bits per heavy atom. The van der Waals surface area contributed by atoms with Crippen LogP contribution in [0.15, 0.2) is 33.0 Å². The standard InChI is InChI=1S/C21H26BrN7O2S/c1-13(2)28-6-3-27(4-7-28)5-8-29-11-24-19(23)18-20(29)26-21(25-18)32-17-10-16-15(9-14(17)22)30-12-31-16/h9-11,13H,3-8,12,23H2,1-2H3. The zero-order valence-corrected chi connectivity index (χ0v) is 20.5. The first-order valence-electron chi connectivity index (χ1n) is 10.7. The van der Waals surface area contributed by atoms with Gasteiger partial charge in [0.2, 0.25) is 6.79 Å². The number of aromatic nitrogens is 4. The van der Waals surface area contributed by atoms with Crippen LogP contribution in [0.5, 0.6) is 11.5 Å². The van der Waals surface area contributed by atoms with E-state index >= 15 is 0 Å². The summed E-state index contributed by atoms with van der Waals surface area (Å²) in [4.78, 5) is 19.7. The number of piperazine rings is 1. The number of hydrogen-bond acceptors (Lipinski definition) is 9. The molecule has 0 aliphatic carbocycles. The van der Waals surface area contributed by atoms with Crippen molar-refractivity contribution in [3.8, 4) is 23.0 Å². The highest BCUT2D eigenvalue weighted by atomic mass is 79.9. The second-order valence-electron chi connectivity index (χ2n) is 8.21. The van der Waals surface area contributed by atoms with Gasteiger partial charge < -0.3 is 19.8 Å². The second kappa shape index (κ2) is 9.05. The monoisotopic (exact) mass is 519 g/mol. The number of nitrogens with zero attached hydrogens (tertiary/aromatic N) is 6. The fourth-order valence-corrected chi connectivity index (χ4v) is 5.32. The number of fused-ring (bicyclic) bond motifs is 2. The number of imidazole rings is 1. The highest BCUT2D eigenvalue weighted by Gasteiger charge is 2.23. The maximum Gasteiger partial charge on any atom is 0.231 e. The van der Waals surface area contributed by atoms with Gasteiger partial charge in [0.15, 0.2) is 34.0 Å². The van der Waals surface area contributed by atoms with Gasteiger partial charge in [-0.2, -0.15) is 0 Å². The van der Waals surface area contributed by atoms with E-state index in [1.54, 1.807) is 6.33 Å². The summed E-state index contributed by atoms with van der Waals surface area (Å²) in [6.45, 7) is 10.9. The van der Waals surface area contributed by atoms with Crippen molar-refractivity contribution >= 4 is 33.5 Å². The lowest BCUT2D eigenvalue weighted by Gasteiger charge is -2.37. The minimum absolute atomic E-state index is 0.237. The summed E-state index contributed by atoms with van der Waals surface area (Å²) in [7, 11) is 0. The summed E-state index contributed by atoms with van der Waals surface area (Å²) in [6.07, 6.45) is 1.77. The minimum Gasteiger partial charge on any atom is -0.454 e. The Hall–Kier alpha value is -2.08. The Balaban J connectivity index is 1.31. The predicted molar refractivity (Wildman–Crippen MR) is 126 cm³/mol. The lowest BCUT2D eigenvalue weighted by molar-refractivity contribution is 0.106. The van der Waals surface area contributed by atoms with E-state index in [0.29, 0.717) is 22.7 Å². The Morgan fingerprint density at radius 2 is 1.84 bits per heavy atom. The average molecular weight is 520 g/mol. The van der Waals surface area contributed by atoms with Gasteiger partial charge in [-0.15, -0.1) is 0 Å². The van der Waals surface area contributed by atoms with E-state index in [1.807, 2.05) is 16.7 Å². The number of benzene rings is 1. The van der Waals surface area contributed by atoms with Crippen molar-refractivity contribution in [3.63, 3.8) is 0 Å². The fraction of sp³-hybridized carbons (Fsp3) is 0.476. The topological polar surface area (TPSA) is 94.6 Å². The number of halogens is 1. The molecule has 4 aliphatic heterocycles. The first-order valence-corrected chi connectivity index (χ1v) is 12.3. The van der Waals surface area contributed by atoms with Crippen LogP contribution in [0, 0.1) is 0 Å². The van der Waals surface area contributed by atoms with E-state index in [4.69, 9.17) is 20.2 Å². The van der Waals surface area contributed by atoms with Crippen molar-refractivity contribution < 1.29 is 9.47 Å². The molecule has 0 atom stereocenters. The van der Waals surface area contributed by atoms with E-state index in [1.165, 1.54) is 11.8 Å². The van der Waals surface area contributed by atoms with Gasteiger partial charge in [0, 0.05) is 54.7 Å². The largest absolute Gasteiger partial charge is 0.454 e. The van der Waals surface area contributed by atoms with Crippen molar-refractivity contribution in [3.05, 3.63) is 22.9 Å². The molecule has 0 spiro atoms. The molecule has 11 heteroatoms. The molecule has 0 aromatic heterocycles. The van der Waals surface area contributed by atoms with Crippen LogP contribution in [-0.2, 0) is 6.54 Å². The fourth-order valence-electron chi connectivity index (χ4n) is 3.97. The number of ether oxygens (including phenoxy) is 2. The van der Waals surface area contributed by atoms with Crippen LogP contribution in [0.25, 0.3) is 11.5 Å². The second-order valence-corrected chi connectivity index (χ2v) is 10.1. The summed E-state index contributed by atoms with van der Waals surface area (Å²) < 4.78 is 13.9. The van der Waals surface area contributed by atoms with Crippen LogP contribution in [0.2, 0.25) is 0 Å². The summed E-state index contributed by atoms with van der Waals surface area (Å²) >= 11 is 5.05. The normalized spacial score (nSPS) is 17.0. The van der Waals surface area contributed by atoms with E-state index in [-0.39, 0.29) is 6.79 Å². The molecule has 0 unspecified atom stereocenters. The first-order chi connectivity index (χ1) is 15.5. The number of nitrogens with two attached hydrogens (primary N) is 1. The third kappa shape index (κ3) is 4.39. The van der Waals surface area contributed by atoms with E-state index in [2.05, 4.69) is 49.5 Å². The van der Waals surface area contributed by atoms with Crippen LogP contribution in [0.4, 0.5) is 5.82 Å². The number of nitrogen functional groups attached to an aromatic ring is 1. The maximum absolute atomic E-state index is 6.12. The summed E-state index contributed by atoms with van der Waals surface area (Å²) in [5.41, 5.74) is 6.76. The molecule has 1 aromatic rings. The van der Waals surface area contributed by atoms with Crippen molar-refractivity contribution in [2.24, 2.45) is 0 Å². The maximum atomic E-state index is 6.12. The lowest BCUT2D eigenvalue weighted by Crippen LogP contribution is -2.49. The molecule has 1 fully saturated rings. The quantitative estimate of drug-likeness (QED) is 0.526. The SMILES string of the molecule is CC(C)N1CCN(CCn2cnc(N)c3nc(Sc4cc5c(cc4Br)OCO5)nc2-3)CC1. The number of hydrogen-bond donors (Lipinski definition) is 1. The van der Waals surface area contributed by atoms with Crippen LogP contribution < -0.4 is 15.2 Å². The van der Waals surface area contributed by atoms with Crippen molar-refractivity contribution in [2.75, 3.05) is 45.3 Å². The Morgan fingerprint density at radius 1 is 1.09 bits per heavy atom. The van der Waals surface area contributed by atoms with Crippen LogP contribution in [0.3, 0.4) is 0 Å². The minimum atomic E-state index is 0.237. The molecule has 0 radical (unpaired) electrons. The van der Waals surface area contributed by atoms with E-state index < -0.39 is 0 Å². The van der Waals surface area contributed by atoms with Crippen molar-refractivity contribution in [1.82, 2.24) is 29.3 Å². The molecule has 4 heterocycles. The highest BCUT2D eigenvalue weighted by Crippen LogP contribution is 2.43. The first kappa shape index (κ1) is 21.7. The molecule has 0 bridgehead atoms. The molecule has 0 amide bonds. The van der Waals surface area contributed by atoms with Gasteiger partial charge in [-0.3, -0.25) is 9.80 Å². The van der Waals surface area contributed by atoms with Crippen molar-refractivity contribution in [1.29, 1.82) is 0 Å². The zero-order chi connectivity index (χ0) is 22.2. The van der Waals surface area contributed by atoms with Crippen LogP contribution in [-0.4, -0.2) is 74.9 Å². The van der Waals surface area contributed by atoms with Gasteiger partial charge in [0.05, 0.1) is 6.33 Å².